The maximum absolute atomic E-state index is 12.1. The molecule has 0 bridgehead atoms. The minimum absolute atomic E-state index is 0.0524. The molecule has 2 aromatic rings. The van der Waals surface area contributed by atoms with Crippen molar-refractivity contribution in [1.82, 2.24) is 4.90 Å². The lowest BCUT2D eigenvalue weighted by atomic mass is 10.1. The molecule has 0 fully saturated rings. The summed E-state index contributed by atoms with van der Waals surface area (Å²) in [5.41, 5.74) is 1.73. The molecular formula is C20H23ClN2O3. The Hall–Kier alpha value is -2.53. The van der Waals surface area contributed by atoms with Crippen LogP contribution in [0.4, 0.5) is 5.69 Å². The van der Waals surface area contributed by atoms with Gasteiger partial charge in [-0.3, -0.25) is 9.59 Å². The summed E-state index contributed by atoms with van der Waals surface area (Å²) < 4.78 is 5.21. The second-order valence-electron chi connectivity index (χ2n) is 5.92. The Labute approximate surface area is 158 Å². The molecule has 0 heterocycles. The molecule has 26 heavy (non-hydrogen) atoms. The van der Waals surface area contributed by atoms with Crippen LogP contribution in [-0.2, 0) is 16.0 Å². The first-order chi connectivity index (χ1) is 12.5. The molecule has 0 aliphatic heterocycles. The number of carbonyl (C=O) groups is 2. The second kappa shape index (κ2) is 9.82. The van der Waals surface area contributed by atoms with Crippen molar-refractivity contribution in [1.29, 1.82) is 0 Å². The smallest absolute Gasteiger partial charge is 0.226 e. The first-order valence-electron chi connectivity index (χ1n) is 8.42. The van der Waals surface area contributed by atoms with Gasteiger partial charge in [0.2, 0.25) is 11.8 Å². The van der Waals surface area contributed by atoms with Gasteiger partial charge in [-0.25, -0.2) is 0 Å². The molecule has 2 aromatic carbocycles. The van der Waals surface area contributed by atoms with Gasteiger partial charge >= 0.3 is 0 Å². The zero-order valence-electron chi connectivity index (χ0n) is 15.0. The molecule has 0 aromatic heterocycles. The van der Waals surface area contributed by atoms with Gasteiger partial charge in [-0.1, -0.05) is 29.8 Å². The van der Waals surface area contributed by atoms with Crippen LogP contribution in [0.2, 0.25) is 5.02 Å². The van der Waals surface area contributed by atoms with Crippen molar-refractivity contribution in [2.75, 3.05) is 25.5 Å². The molecule has 0 aliphatic carbocycles. The molecule has 0 aliphatic rings. The van der Waals surface area contributed by atoms with Crippen molar-refractivity contribution in [2.24, 2.45) is 0 Å². The fourth-order valence-electron chi connectivity index (χ4n) is 2.54. The fraction of sp³-hybridized carbons (Fsp3) is 0.300. The van der Waals surface area contributed by atoms with Crippen molar-refractivity contribution in [3.8, 4) is 5.75 Å². The molecule has 0 atom stereocenters. The maximum atomic E-state index is 12.1. The van der Waals surface area contributed by atoms with Crippen molar-refractivity contribution >= 4 is 29.1 Å². The van der Waals surface area contributed by atoms with Crippen LogP contribution in [0.3, 0.4) is 0 Å². The molecule has 5 nitrogen and oxygen atoms in total. The second-order valence-corrected chi connectivity index (χ2v) is 6.35. The summed E-state index contributed by atoms with van der Waals surface area (Å²) in [6.45, 7) is 2.43. The number of ether oxygens (including phenoxy) is 1. The minimum Gasteiger partial charge on any atom is -0.497 e. The van der Waals surface area contributed by atoms with Gasteiger partial charge in [0, 0.05) is 37.1 Å². The van der Waals surface area contributed by atoms with E-state index in [1.807, 2.05) is 24.3 Å². The lowest BCUT2D eigenvalue weighted by Crippen LogP contribution is -2.33. The number of hydrogen-bond acceptors (Lipinski definition) is 3. The number of amides is 2. The van der Waals surface area contributed by atoms with Crippen molar-refractivity contribution in [3.05, 3.63) is 59.1 Å². The van der Waals surface area contributed by atoms with Crippen LogP contribution in [0.1, 0.15) is 18.9 Å². The van der Waals surface area contributed by atoms with Gasteiger partial charge in [-0.05, 0) is 42.3 Å². The molecular weight excluding hydrogens is 352 g/mol. The van der Waals surface area contributed by atoms with Crippen LogP contribution in [0.25, 0.3) is 0 Å². The van der Waals surface area contributed by atoms with Gasteiger partial charge in [0.15, 0.2) is 0 Å². The van der Waals surface area contributed by atoms with Crippen molar-refractivity contribution in [2.45, 2.75) is 19.8 Å². The van der Waals surface area contributed by atoms with Gasteiger partial charge in [0.25, 0.3) is 0 Å². The van der Waals surface area contributed by atoms with E-state index in [1.54, 1.807) is 36.3 Å². The van der Waals surface area contributed by atoms with Crippen molar-refractivity contribution in [3.63, 3.8) is 0 Å². The summed E-state index contributed by atoms with van der Waals surface area (Å²) in [4.78, 5) is 25.6. The van der Waals surface area contributed by atoms with Crippen LogP contribution >= 0.6 is 11.6 Å². The summed E-state index contributed by atoms with van der Waals surface area (Å²) in [5.74, 6) is 0.584. The Morgan fingerprint density at radius 2 is 1.88 bits per heavy atom. The lowest BCUT2D eigenvalue weighted by molar-refractivity contribution is -0.129. The molecule has 0 saturated carbocycles. The normalized spacial score (nSPS) is 10.3. The highest BCUT2D eigenvalue weighted by molar-refractivity contribution is 6.30. The molecule has 138 valence electrons. The number of halogens is 1. The number of anilines is 1. The SMILES string of the molecule is COc1cccc(CCN(CCC(=O)Nc2cccc(Cl)c2)C(C)=O)c1. The predicted molar refractivity (Wildman–Crippen MR) is 104 cm³/mol. The predicted octanol–water partition coefficient (Wildman–Crippen LogP) is 3.77. The fourth-order valence-corrected chi connectivity index (χ4v) is 2.74. The maximum Gasteiger partial charge on any atom is 0.226 e. The highest BCUT2D eigenvalue weighted by Gasteiger charge is 2.12. The zero-order valence-corrected chi connectivity index (χ0v) is 15.8. The average Bonchev–Trinajstić information content (AvgIpc) is 2.61. The van der Waals surface area contributed by atoms with Crippen LogP contribution in [-0.4, -0.2) is 36.9 Å². The Morgan fingerprint density at radius 1 is 1.12 bits per heavy atom. The zero-order chi connectivity index (χ0) is 18.9. The lowest BCUT2D eigenvalue weighted by Gasteiger charge is -2.21. The van der Waals surface area contributed by atoms with Gasteiger partial charge < -0.3 is 15.0 Å². The molecule has 2 rings (SSSR count). The first-order valence-corrected chi connectivity index (χ1v) is 8.79. The molecule has 0 spiro atoms. The third-order valence-corrected chi connectivity index (χ3v) is 4.20. The van der Waals surface area contributed by atoms with Crippen LogP contribution in [0, 0.1) is 0 Å². The average molecular weight is 375 g/mol. The third-order valence-electron chi connectivity index (χ3n) is 3.97. The Morgan fingerprint density at radius 3 is 2.58 bits per heavy atom. The highest BCUT2D eigenvalue weighted by atomic mass is 35.5. The molecule has 6 heteroatoms. The number of benzene rings is 2. The van der Waals surface area contributed by atoms with E-state index in [4.69, 9.17) is 16.3 Å². The van der Waals surface area contributed by atoms with Crippen LogP contribution < -0.4 is 10.1 Å². The monoisotopic (exact) mass is 374 g/mol. The topological polar surface area (TPSA) is 58.6 Å². The van der Waals surface area contributed by atoms with Crippen LogP contribution in [0.15, 0.2) is 48.5 Å². The van der Waals surface area contributed by atoms with E-state index >= 15 is 0 Å². The molecule has 2 amide bonds. The van der Waals surface area contributed by atoms with E-state index in [9.17, 15) is 9.59 Å². The molecule has 0 unspecified atom stereocenters. The van der Waals surface area contributed by atoms with Gasteiger partial charge in [-0.2, -0.15) is 0 Å². The Balaban J connectivity index is 1.85. The highest BCUT2D eigenvalue weighted by Crippen LogP contribution is 2.15. The van der Waals surface area contributed by atoms with E-state index in [1.165, 1.54) is 6.92 Å². The van der Waals surface area contributed by atoms with E-state index in [-0.39, 0.29) is 18.2 Å². The van der Waals surface area contributed by atoms with E-state index in [2.05, 4.69) is 5.32 Å². The summed E-state index contributed by atoms with van der Waals surface area (Å²) in [5, 5.41) is 3.35. The first kappa shape index (κ1) is 19.8. The summed E-state index contributed by atoms with van der Waals surface area (Å²) >= 11 is 5.91. The number of nitrogens with one attached hydrogen (secondary N) is 1. The van der Waals surface area contributed by atoms with Crippen molar-refractivity contribution < 1.29 is 14.3 Å². The summed E-state index contributed by atoms with van der Waals surface area (Å²) in [6.07, 6.45) is 0.927. The number of carbonyl (C=O) groups excluding carboxylic acids is 2. The number of hydrogen-bond donors (Lipinski definition) is 1. The number of nitrogens with zero attached hydrogens (tertiary/aromatic N) is 1. The third kappa shape index (κ3) is 6.41. The molecule has 0 radical (unpaired) electrons. The van der Waals surface area contributed by atoms with E-state index in [0.717, 1.165) is 11.3 Å². The molecule has 1 N–H and O–H groups in total. The largest absolute Gasteiger partial charge is 0.497 e. The van der Waals surface area contributed by atoms with Crippen LogP contribution in [0.5, 0.6) is 5.75 Å². The Kier molecular flexibility index (Phi) is 7.48. The van der Waals surface area contributed by atoms with Gasteiger partial charge in [-0.15, -0.1) is 0 Å². The Bertz CT molecular complexity index is 764. The van der Waals surface area contributed by atoms with E-state index < -0.39 is 0 Å². The molecule has 0 saturated heterocycles. The minimum atomic E-state index is -0.153. The number of rotatable bonds is 8. The quantitative estimate of drug-likeness (QED) is 0.765. The van der Waals surface area contributed by atoms with Gasteiger partial charge in [0.05, 0.1) is 7.11 Å². The van der Waals surface area contributed by atoms with E-state index in [0.29, 0.717) is 30.2 Å². The number of methoxy groups -OCH3 is 1. The summed E-state index contributed by atoms with van der Waals surface area (Å²) in [7, 11) is 1.62. The standard InChI is InChI=1S/C20H23ClN2O3/c1-15(24)23(11-9-16-5-3-8-19(13-16)26-2)12-10-20(25)22-18-7-4-6-17(21)14-18/h3-8,13-14H,9-12H2,1-2H3,(H,22,25). The summed E-state index contributed by atoms with van der Waals surface area (Å²) in [6, 6.07) is 14.7. The van der Waals surface area contributed by atoms with Gasteiger partial charge in [0.1, 0.15) is 5.75 Å².